The predicted octanol–water partition coefficient (Wildman–Crippen LogP) is 1.74. The smallest absolute Gasteiger partial charge is 0.237 e. The molecule has 4 heteroatoms. The van der Waals surface area contributed by atoms with E-state index in [4.69, 9.17) is 5.73 Å². The molecule has 0 aromatic rings. The zero-order valence-corrected chi connectivity index (χ0v) is 12.9. The summed E-state index contributed by atoms with van der Waals surface area (Å²) in [7, 11) is 0. The quantitative estimate of drug-likeness (QED) is 0.661. The van der Waals surface area contributed by atoms with E-state index in [2.05, 4.69) is 31.0 Å². The highest BCUT2D eigenvalue weighted by atomic mass is 16.1. The third kappa shape index (κ3) is 5.36. The molecule has 18 heavy (non-hydrogen) atoms. The van der Waals surface area contributed by atoms with Gasteiger partial charge in [0.25, 0.3) is 0 Å². The first-order valence-corrected chi connectivity index (χ1v) is 7.08. The van der Waals surface area contributed by atoms with Crippen molar-refractivity contribution in [3.05, 3.63) is 0 Å². The van der Waals surface area contributed by atoms with Gasteiger partial charge in [-0.05, 0) is 47.1 Å². The molecule has 0 fully saturated rings. The van der Waals surface area contributed by atoms with Gasteiger partial charge in [-0.15, -0.1) is 0 Å². The second-order valence-corrected chi connectivity index (χ2v) is 5.63. The Morgan fingerprint density at radius 1 is 1.33 bits per heavy atom. The number of hydrogen-bond acceptors (Lipinski definition) is 3. The fourth-order valence-electron chi connectivity index (χ4n) is 2.22. The molecule has 0 rings (SSSR count). The number of nitrogens with one attached hydrogen (secondary N) is 1. The number of carbonyl (C=O) groups is 1. The van der Waals surface area contributed by atoms with Gasteiger partial charge in [-0.2, -0.15) is 0 Å². The van der Waals surface area contributed by atoms with E-state index in [9.17, 15) is 4.79 Å². The maximum absolute atomic E-state index is 11.6. The van der Waals surface area contributed by atoms with Crippen molar-refractivity contribution in [1.82, 2.24) is 10.2 Å². The van der Waals surface area contributed by atoms with Crippen molar-refractivity contribution < 1.29 is 4.79 Å². The Labute approximate surface area is 112 Å². The van der Waals surface area contributed by atoms with E-state index in [1.807, 2.05) is 20.8 Å². The molecule has 0 spiro atoms. The summed E-state index contributed by atoms with van der Waals surface area (Å²) in [4.78, 5) is 14.0. The SMILES string of the molecule is CCC(C)N(CC)CCC(C)(NC(C)C)C(N)=O. The van der Waals surface area contributed by atoms with Crippen LogP contribution in [0.25, 0.3) is 0 Å². The van der Waals surface area contributed by atoms with E-state index in [1.54, 1.807) is 0 Å². The number of carbonyl (C=O) groups excluding carboxylic acids is 1. The molecule has 0 saturated carbocycles. The lowest BCUT2D eigenvalue weighted by atomic mass is 9.95. The van der Waals surface area contributed by atoms with Gasteiger partial charge < -0.3 is 16.0 Å². The molecule has 0 heterocycles. The van der Waals surface area contributed by atoms with E-state index < -0.39 is 5.54 Å². The van der Waals surface area contributed by atoms with E-state index in [0.29, 0.717) is 6.04 Å². The standard InChI is InChI=1S/C14H31N3O/c1-7-12(5)17(8-2)10-9-14(6,13(15)18)16-11(3)4/h11-12,16H,7-10H2,1-6H3,(H2,15,18). The van der Waals surface area contributed by atoms with Crippen LogP contribution in [-0.2, 0) is 4.79 Å². The third-order valence-electron chi connectivity index (χ3n) is 3.67. The van der Waals surface area contributed by atoms with Gasteiger partial charge in [0.05, 0.1) is 5.54 Å². The minimum Gasteiger partial charge on any atom is -0.368 e. The van der Waals surface area contributed by atoms with Gasteiger partial charge in [0.1, 0.15) is 0 Å². The molecule has 0 aliphatic rings. The molecule has 3 N–H and O–H groups in total. The van der Waals surface area contributed by atoms with Crippen LogP contribution in [0.4, 0.5) is 0 Å². The molecule has 0 aliphatic carbocycles. The lowest BCUT2D eigenvalue weighted by Crippen LogP contribution is -2.57. The van der Waals surface area contributed by atoms with Crippen LogP contribution in [0.15, 0.2) is 0 Å². The highest BCUT2D eigenvalue weighted by Gasteiger charge is 2.31. The van der Waals surface area contributed by atoms with Crippen molar-refractivity contribution in [2.45, 2.75) is 72.0 Å². The van der Waals surface area contributed by atoms with Gasteiger partial charge in [0, 0.05) is 18.6 Å². The van der Waals surface area contributed by atoms with E-state index >= 15 is 0 Å². The fourth-order valence-corrected chi connectivity index (χ4v) is 2.22. The third-order valence-corrected chi connectivity index (χ3v) is 3.67. The van der Waals surface area contributed by atoms with E-state index in [-0.39, 0.29) is 11.9 Å². The Morgan fingerprint density at radius 3 is 2.22 bits per heavy atom. The summed E-state index contributed by atoms with van der Waals surface area (Å²) in [5.74, 6) is -0.267. The highest BCUT2D eigenvalue weighted by Crippen LogP contribution is 2.13. The van der Waals surface area contributed by atoms with Crippen LogP contribution in [0.3, 0.4) is 0 Å². The number of primary amides is 1. The van der Waals surface area contributed by atoms with Crippen molar-refractivity contribution in [3.8, 4) is 0 Å². The Hall–Kier alpha value is -0.610. The van der Waals surface area contributed by atoms with Gasteiger partial charge in [0.2, 0.25) is 5.91 Å². The molecule has 4 nitrogen and oxygen atoms in total. The van der Waals surface area contributed by atoms with E-state index in [1.165, 1.54) is 0 Å². The van der Waals surface area contributed by atoms with Crippen molar-refractivity contribution in [2.24, 2.45) is 5.73 Å². The molecular weight excluding hydrogens is 226 g/mol. The minimum absolute atomic E-state index is 0.251. The van der Waals surface area contributed by atoms with Crippen LogP contribution in [0.5, 0.6) is 0 Å². The molecule has 0 radical (unpaired) electrons. The second-order valence-electron chi connectivity index (χ2n) is 5.63. The Morgan fingerprint density at radius 2 is 1.89 bits per heavy atom. The summed E-state index contributed by atoms with van der Waals surface area (Å²) in [6.07, 6.45) is 1.87. The number of nitrogens with zero attached hydrogens (tertiary/aromatic N) is 1. The number of rotatable bonds is 9. The van der Waals surface area contributed by atoms with Crippen LogP contribution in [-0.4, -0.2) is 41.5 Å². The van der Waals surface area contributed by atoms with Crippen LogP contribution in [0.1, 0.15) is 54.4 Å². The predicted molar refractivity (Wildman–Crippen MR) is 77.5 cm³/mol. The second kappa shape index (κ2) is 7.74. The van der Waals surface area contributed by atoms with Gasteiger partial charge >= 0.3 is 0 Å². The highest BCUT2D eigenvalue weighted by molar-refractivity contribution is 5.84. The molecular formula is C14H31N3O. The Kier molecular flexibility index (Phi) is 7.48. The van der Waals surface area contributed by atoms with Crippen LogP contribution in [0.2, 0.25) is 0 Å². The summed E-state index contributed by atoms with van der Waals surface area (Å²) in [6.45, 7) is 14.4. The average molecular weight is 257 g/mol. The monoisotopic (exact) mass is 257 g/mol. The van der Waals surface area contributed by atoms with Gasteiger partial charge in [-0.25, -0.2) is 0 Å². The largest absolute Gasteiger partial charge is 0.368 e. The molecule has 0 aliphatic heterocycles. The first kappa shape index (κ1) is 17.4. The van der Waals surface area contributed by atoms with Crippen LogP contribution in [0, 0.1) is 0 Å². The van der Waals surface area contributed by atoms with Crippen molar-refractivity contribution >= 4 is 5.91 Å². The first-order chi connectivity index (χ1) is 8.26. The van der Waals surface area contributed by atoms with Gasteiger partial charge in [0.15, 0.2) is 0 Å². The van der Waals surface area contributed by atoms with Crippen LogP contribution >= 0.6 is 0 Å². The topological polar surface area (TPSA) is 58.4 Å². The lowest BCUT2D eigenvalue weighted by Gasteiger charge is -2.34. The molecule has 0 saturated heterocycles. The zero-order valence-electron chi connectivity index (χ0n) is 12.9. The van der Waals surface area contributed by atoms with E-state index in [0.717, 1.165) is 25.9 Å². The first-order valence-electron chi connectivity index (χ1n) is 7.08. The molecule has 0 bridgehead atoms. The maximum atomic E-state index is 11.6. The summed E-state index contributed by atoms with van der Waals surface area (Å²) < 4.78 is 0. The minimum atomic E-state index is -0.616. The van der Waals surface area contributed by atoms with Crippen molar-refractivity contribution in [3.63, 3.8) is 0 Å². The fraction of sp³-hybridized carbons (Fsp3) is 0.929. The average Bonchev–Trinajstić information content (AvgIpc) is 2.28. The summed E-state index contributed by atoms with van der Waals surface area (Å²) in [5, 5.41) is 3.29. The summed E-state index contributed by atoms with van der Waals surface area (Å²) in [6, 6.07) is 0.798. The van der Waals surface area contributed by atoms with Crippen molar-refractivity contribution in [1.29, 1.82) is 0 Å². The number of nitrogens with two attached hydrogens (primary N) is 1. The molecule has 108 valence electrons. The molecule has 0 aromatic carbocycles. The maximum Gasteiger partial charge on any atom is 0.237 e. The summed E-state index contributed by atoms with van der Waals surface area (Å²) >= 11 is 0. The normalized spacial score (nSPS) is 16.9. The van der Waals surface area contributed by atoms with Crippen molar-refractivity contribution in [2.75, 3.05) is 13.1 Å². The number of hydrogen-bond donors (Lipinski definition) is 2. The van der Waals surface area contributed by atoms with Crippen LogP contribution < -0.4 is 11.1 Å². The Bertz CT molecular complexity index is 255. The zero-order chi connectivity index (χ0) is 14.3. The molecule has 1 amide bonds. The molecule has 0 aromatic heterocycles. The number of amides is 1. The summed E-state index contributed by atoms with van der Waals surface area (Å²) in [5.41, 5.74) is 4.92. The lowest BCUT2D eigenvalue weighted by molar-refractivity contribution is -0.124. The Balaban J connectivity index is 4.55. The molecule has 2 unspecified atom stereocenters. The van der Waals surface area contributed by atoms with Gasteiger partial charge in [-0.1, -0.05) is 13.8 Å². The van der Waals surface area contributed by atoms with Gasteiger partial charge in [-0.3, -0.25) is 4.79 Å². The molecule has 2 atom stereocenters.